The summed E-state index contributed by atoms with van der Waals surface area (Å²) < 4.78 is 10.8. The Bertz CT molecular complexity index is 109. The standard InChI is InChI=1S/C4H14N2OS/c1-4(3-5)8(2,6)7/h4,8H,3,5H2,1-2H3,(H2,6,7)/t4-/m1/s1. The van der Waals surface area contributed by atoms with Crippen LogP contribution < -0.4 is 10.9 Å². The fourth-order valence-corrected chi connectivity index (χ4v) is 0.628. The first-order valence-electron chi connectivity index (χ1n) is 2.54. The van der Waals surface area contributed by atoms with Crippen LogP contribution in [0.3, 0.4) is 0 Å². The molecule has 0 heterocycles. The molecule has 0 amide bonds. The molecule has 0 aliphatic carbocycles. The lowest BCUT2D eigenvalue weighted by atomic mass is 10.5. The second kappa shape index (κ2) is 2.57. The van der Waals surface area contributed by atoms with E-state index in [-0.39, 0.29) is 5.25 Å². The zero-order valence-electron chi connectivity index (χ0n) is 5.29. The van der Waals surface area contributed by atoms with Crippen LogP contribution in [0.4, 0.5) is 0 Å². The number of thiol groups is 1. The molecule has 0 aromatic heterocycles. The van der Waals surface area contributed by atoms with Crippen LogP contribution in [-0.2, 0) is 10.1 Å². The van der Waals surface area contributed by atoms with Crippen molar-refractivity contribution in [2.75, 3.05) is 12.8 Å². The van der Waals surface area contributed by atoms with Crippen molar-refractivity contribution in [1.82, 2.24) is 0 Å². The summed E-state index contributed by atoms with van der Waals surface area (Å²) in [6.45, 7) is 2.20. The van der Waals surface area contributed by atoms with Crippen LogP contribution in [0.5, 0.6) is 0 Å². The van der Waals surface area contributed by atoms with Crippen molar-refractivity contribution in [2.24, 2.45) is 10.9 Å². The van der Waals surface area contributed by atoms with Crippen LogP contribution in [0.25, 0.3) is 0 Å². The smallest absolute Gasteiger partial charge is 0.0331 e. The van der Waals surface area contributed by atoms with E-state index in [9.17, 15) is 4.21 Å². The molecule has 52 valence electrons. The van der Waals surface area contributed by atoms with Crippen LogP contribution in [-0.4, -0.2) is 22.3 Å². The lowest BCUT2D eigenvalue weighted by Gasteiger charge is -2.18. The van der Waals surface area contributed by atoms with Crippen molar-refractivity contribution in [2.45, 2.75) is 12.2 Å². The van der Waals surface area contributed by atoms with Gasteiger partial charge in [-0.05, 0) is 0 Å². The molecule has 0 saturated carbocycles. The van der Waals surface area contributed by atoms with E-state index in [1.54, 1.807) is 13.2 Å². The van der Waals surface area contributed by atoms with Crippen molar-refractivity contribution in [1.29, 1.82) is 0 Å². The van der Waals surface area contributed by atoms with E-state index in [4.69, 9.17) is 10.9 Å². The highest BCUT2D eigenvalue weighted by atomic mass is 32.3. The van der Waals surface area contributed by atoms with E-state index in [0.717, 1.165) is 0 Å². The fourth-order valence-electron chi connectivity index (χ4n) is 0.209. The summed E-state index contributed by atoms with van der Waals surface area (Å²) >= 11 is 0. The summed E-state index contributed by atoms with van der Waals surface area (Å²) in [5.74, 6) is 0. The average Bonchev–Trinajstić information content (AvgIpc) is 1.62. The largest absolute Gasteiger partial charge is 0.329 e. The monoisotopic (exact) mass is 138 g/mol. The zero-order valence-corrected chi connectivity index (χ0v) is 6.19. The number of hydrogen-bond acceptors (Lipinski definition) is 2. The molecule has 0 aliphatic rings. The summed E-state index contributed by atoms with van der Waals surface area (Å²) in [6.07, 6.45) is 1.55. The van der Waals surface area contributed by atoms with Crippen LogP contribution in [0, 0.1) is 0 Å². The average molecular weight is 138 g/mol. The Morgan fingerprint density at radius 1 is 1.75 bits per heavy atom. The first-order valence-corrected chi connectivity index (χ1v) is 4.83. The predicted octanol–water partition coefficient (Wildman–Crippen LogP) is -1.15. The first kappa shape index (κ1) is 8.07. The molecule has 0 unspecified atom stereocenters. The third-order valence-electron chi connectivity index (χ3n) is 1.22. The highest BCUT2D eigenvalue weighted by Gasteiger charge is 2.08. The Kier molecular flexibility index (Phi) is 2.59. The molecule has 0 spiro atoms. The third-order valence-corrected chi connectivity index (χ3v) is 3.18. The van der Waals surface area contributed by atoms with Gasteiger partial charge in [-0.3, -0.25) is 9.35 Å². The molecule has 1 atom stereocenters. The van der Waals surface area contributed by atoms with Gasteiger partial charge in [0.25, 0.3) is 0 Å². The second-order valence-corrected chi connectivity index (χ2v) is 5.14. The minimum atomic E-state index is -2.38. The molecule has 0 radical (unpaired) electrons. The van der Waals surface area contributed by atoms with Gasteiger partial charge in [-0.25, -0.2) is 0 Å². The van der Waals surface area contributed by atoms with Crippen LogP contribution in [0.2, 0.25) is 0 Å². The van der Waals surface area contributed by atoms with Gasteiger partial charge >= 0.3 is 0 Å². The van der Waals surface area contributed by atoms with Gasteiger partial charge in [-0.2, -0.15) is 0 Å². The van der Waals surface area contributed by atoms with Crippen molar-refractivity contribution in [3.05, 3.63) is 0 Å². The quantitative estimate of drug-likeness (QED) is 0.422. The van der Waals surface area contributed by atoms with Crippen LogP contribution in [0.15, 0.2) is 0 Å². The summed E-state index contributed by atoms with van der Waals surface area (Å²) in [6, 6.07) is 0. The second-order valence-electron chi connectivity index (χ2n) is 2.14. The van der Waals surface area contributed by atoms with Gasteiger partial charge in [-0.1, -0.05) is 17.0 Å². The predicted molar refractivity (Wildman–Crippen MR) is 38.2 cm³/mol. The van der Waals surface area contributed by atoms with Crippen molar-refractivity contribution in [3.63, 3.8) is 0 Å². The van der Waals surface area contributed by atoms with Crippen LogP contribution in [0.1, 0.15) is 6.92 Å². The summed E-state index contributed by atoms with van der Waals surface area (Å²) in [4.78, 5) is 0. The Labute approximate surface area is 51.0 Å². The Morgan fingerprint density at radius 3 is 2.12 bits per heavy atom. The number of hydrogen-bond donors (Lipinski definition) is 3. The molecular weight excluding hydrogens is 124 g/mol. The third kappa shape index (κ3) is 2.40. The molecule has 0 aromatic rings. The topological polar surface area (TPSA) is 69.1 Å². The van der Waals surface area contributed by atoms with E-state index in [0.29, 0.717) is 6.54 Å². The molecule has 0 fully saturated rings. The molecule has 0 rings (SSSR count). The van der Waals surface area contributed by atoms with Crippen molar-refractivity contribution in [3.8, 4) is 0 Å². The van der Waals surface area contributed by atoms with E-state index in [2.05, 4.69) is 0 Å². The maximum absolute atomic E-state index is 10.8. The van der Waals surface area contributed by atoms with Gasteiger partial charge in [-0.15, -0.1) is 0 Å². The van der Waals surface area contributed by atoms with Crippen LogP contribution >= 0.6 is 0 Å². The van der Waals surface area contributed by atoms with E-state index < -0.39 is 10.1 Å². The molecule has 8 heavy (non-hydrogen) atoms. The zero-order chi connectivity index (χ0) is 6.78. The minimum Gasteiger partial charge on any atom is -0.329 e. The maximum atomic E-state index is 10.8. The Morgan fingerprint density at radius 2 is 2.12 bits per heavy atom. The molecule has 0 aromatic carbocycles. The molecule has 0 saturated heterocycles. The summed E-state index contributed by atoms with van der Waals surface area (Å²) in [5, 5.41) is 5.23. The highest BCUT2D eigenvalue weighted by molar-refractivity contribution is 8.00. The summed E-state index contributed by atoms with van der Waals surface area (Å²) in [7, 11) is -2.38. The van der Waals surface area contributed by atoms with Crippen molar-refractivity contribution >= 4 is 10.1 Å². The molecule has 3 nitrogen and oxygen atoms in total. The Hall–Kier alpha value is 0.0700. The normalized spacial score (nSPS) is 18.0. The molecule has 0 bridgehead atoms. The molecular formula is C4H14N2OS. The highest BCUT2D eigenvalue weighted by Crippen LogP contribution is 1.96. The van der Waals surface area contributed by atoms with Gasteiger partial charge in [0.1, 0.15) is 0 Å². The lowest BCUT2D eigenvalue weighted by Crippen LogP contribution is -2.37. The number of nitrogens with two attached hydrogens (primary N) is 2. The fraction of sp³-hybridized carbons (Fsp3) is 1.00. The lowest BCUT2D eigenvalue weighted by molar-refractivity contribution is 0.664. The van der Waals surface area contributed by atoms with E-state index in [1.807, 2.05) is 0 Å². The first-order chi connectivity index (χ1) is 3.48. The SMILES string of the molecule is C[C@H](CN)[SH](C)(N)=O. The molecule has 4 heteroatoms. The van der Waals surface area contributed by atoms with Gasteiger partial charge in [0, 0.05) is 18.1 Å². The molecule has 4 N–H and O–H groups in total. The number of rotatable bonds is 2. The van der Waals surface area contributed by atoms with Gasteiger partial charge in [0.15, 0.2) is 0 Å². The van der Waals surface area contributed by atoms with Gasteiger partial charge < -0.3 is 5.73 Å². The summed E-state index contributed by atoms with van der Waals surface area (Å²) in [5.41, 5.74) is 5.21. The molecule has 0 aliphatic heterocycles. The van der Waals surface area contributed by atoms with Gasteiger partial charge in [0.05, 0.1) is 0 Å². The van der Waals surface area contributed by atoms with Gasteiger partial charge in [0.2, 0.25) is 0 Å². The van der Waals surface area contributed by atoms with E-state index >= 15 is 0 Å². The van der Waals surface area contributed by atoms with Crippen molar-refractivity contribution < 1.29 is 4.21 Å². The maximum Gasteiger partial charge on any atom is 0.0331 e. The minimum absolute atomic E-state index is 0.0394. The van der Waals surface area contributed by atoms with E-state index in [1.165, 1.54) is 0 Å². The Balaban J connectivity index is 3.82.